The number of benzene rings is 2. The molecule has 9 heteroatoms. The molecule has 0 aliphatic rings. The van der Waals surface area contributed by atoms with Crippen LogP contribution in [-0.4, -0.2) is 24.3 Å². The number of hydrogen-bond donors (Lipinski definition) is 2. The number of aromatic amines is 1. The van der Waals surface area contributed by atoms with Crippen LogP contribution in [0.1, 0.15) is 28.7 Å². The number of aryl methyl sites for hydroxylation is 2. The Balaban J connectivity index is 1.99. The van der Waals surface area contributed by atoms with E-state index in [0.29, 0.717) is 5.56 Å². The molecule has 1 aromatic heterocycles. The van der Waals surface area contributed by atoms with E-state index in [9.17, 15) is 22.0 Å². The van der Waals surface area contributed by atoms with Crippen LogP contribution in [-0.2, 0) is 16.4 Å². The first-order valence-corrected chi connectivity index (χ1v) is 9.89. The molecule has 1 heterocycles. The Hall–Kier alpha value is -3.07. The molecular formula is C19H17F2N3O3S. The fraction of sp³-hybridized carbons (Fsp3) is 0.158. The first-order valence-electron chi connectivity index (χ1n) is 8.40. The number of rotatable bonds is 5. The summed E-state index contributed by atoms with van der Waals surface area (Å²) in [6, 6.07) is 9.52. The minimum absolute atomic E-state index is 0.0442. The van der Waals surface area contributed by atoms with Crippen LogP contribution in [0.5, 0.6) is 0 Å². The number of sulfonamides is 1. The van der Waals surface area contributed by atoms with E-state index in [0.717, 1.165) is 12.1 Å². The van der Waals surface area contributed by atoms with Crippen LogP contribution in [0.15, 0.2) is 47.4 Å². The van der Waals surface area contributed by atoms with Gasteiger partial charge >= 0.3 is 0 Å². The molecule has 0 aliphatic carbocycles. The highest BCUT2D eigenvalue weighted by Crippen LogP contribution is 2.25. The van der Waals surface area contributed by atoms with Crippen LogP contribution in [0.25, 0.3) is 11.4 Å². The lowest BCUT2D eigenvalue weighted by atomic mass is 10.2. The van der Waals surface area contributed by atoms with Gasteiger partial charge in [-0.25, -0.2) is 26.9 Å². The fourth-order valence-electron chi connectivity index (χ4n) is 2.78. The predicted molar refractivity (Wildman–Crippen MR) is 99.1 cm³/mol. The van der Waals surface area contributed by atoms with Gasteiger partial charge in [-0.2, -0.15) is 0 Å². The normalized spacial score (nSPS) is 11.4. The lowest BCUT2D eigenvalue weighted by Crippen LogP contribution is -2.32. The van der Waals surface area contributed by atoms with Gasteiger partial charge in [-0.3, -0.25) is 4.79 Å². The van der Waals surface area contributed by atoms with Crippen molar-refractivity contribution in [2.45, 2.75) is 25.2 Å². The Labute approximate surface area is 160 Å². The molecule has 0 atom stereocenters. The van der Waals surface area contributed by atoms with Crippen molar-refractivity contribution < 1.29 is 22.0 Å². The highest BCUT2D eigenvalue weighted by molar-refractivity contribution is 7.90. The van der Waals surface area contributed by atoms with Crippen molar-refractivity contribution in [2.75, 3.05) is 0 Å². The van der Waals surface area contributed by atoms with Gasteiger partial charge < -0.3 is 4.98 Å². The predicted octanol–water partition coefficient (Wildman–Crippen LogP) is 3.34. The van der Waals surface area contributed by atoms with Crippen molar-refractivity contribution in [2.24, 2.45) is 0 Å². The minimum Gasteiger partial charge on any atom is -0.341 e. The second-order valence-electron chi connectivity index (χ2n) is 6.06. The van der Waals surface area contributed by atoms with Crippen LogP contribution < -0.4 is 4.72 Å². The summed E-state index contributed by atoms with van der Waals surface area (Å²) in [7, 11) is -4.14. The molecule has 0 radical (unpaired) electrons. The Morgan fingerprint density at radius 1 is 1.11 bits per heavy atom. The zero-order chi connectivity index (χ0) is 20.5. The number of imidazole rings is 1. The average Bonchev–Trinajstić information content (AvgIpc) is 3.05. The number of amides is 1. The van der Waals surface area contributed by atoms with Gasteiger partial charge in [0.2, 0.25) is 0 Å². The molecule has 6 nitrogen and oxygen atoms in total. The largest absolute Gasteiger partial charge is 0.341 e. The van der Waals surface area contributed by atoms with E-state index in [1.807, 2.05) is 4.72 Å². The molecule has 0 aliphatic heterocycles. The molecule has 3 rings (SSSR count). The summed E-state index contributed by atoms with van der Waals surface area (Å²) in [6.45, 7) is 3.30. The number of nitrogens with zero attached hydrogens (tertiary/aromatic N) is 1. The van der Waals surface area contributed by atoms with Gasteiger partial charge in [-0.05, 0) is 37.1 Å². The van der Waals surface area contributed by atoms with Crippen LogP contribution in [0.3, 0.4) is 0 Å². The quantitative estimate of drug-likeness (QED) is 0.681. The van der Waals surface area contributed by atoms with Crippen molar-refractivity contribution in [1.82, 2.24) is 14.7 Å². The van der Waals surface area contributed by atoms with Crippen LogP contribution in [0, 0.1) is 18.6 Å². The Bertz CT molecular complexity index is 1140. The Morgan fingerprint density at radius 2 is 1.75 bits per heavy atom. The van der Waals surface area contributed by atoms with Crippen molar-refractivity contribution in [3.8, 4) is 11.4 Å². The summed E-state index contributed by atoms with van der Waals surface area (Å²) >= 11 is 0. The fourth-order valence-corrected chi connectivity index (χ4v) is 3.98. The molecule has 0 bridgehead atoms. The number of halogens is 2. The SMILES string of the molecule is CCc1[nH]c(-c2c(F)cccc2F)nc1C(=O)NS(=O)(=O)c1ccccc1C. The maximum Gasteiger partial charge on any atom is 0.285 e. The molecule has 0 saturated heterocycles. The molecule has 0 unspecified atom stereocenters. The van der Waals surface area contributed by atoms with Crippen LogP contribution in [0.4, 0.5) is 8.78 Å². The van der Waals surface area contributed by atoms with E-state index in [-0.39, 0.29) is 28.5 Å². The number of carbonyl (C=O) groups excluding carboxylic acids is 1. The first kappa shape index (κ1) is 19.7. The van der Waals surface area contributed by atoms with E-state index in [2.05, 4.69) is 9.97 Å². The van der Waals surface area contributed by atoms with E-state index < -0.39 is 33.1 Å². The topological polar surface area (TPSA) is 91.9 Å². The number of hydrogen-bond acceptors (Lipinski definition) is 4. The second-order valence-corrected chi connectivity index (χ2v) is 7.71. The third-order valence-electron chi connectivity index (χ3n) is 4.16. The molecule has 2 N–H and O–H groups in total. The lowest BCUT2D eigenvalue weighted by Gasteiger charge is -2.08. The van der Waals surface area contributed by atoms with Gasteiger partial charge in [0.25, 0.3) is 15.9 Å². The summed E-state index contributed by atoms with van der Waals surface area (Å²) in [6.07, 6.45) is 0.274. The van der Waals surface area contributed by atoms with Gasteiger partial charge in [0.1, 0.15) is 17.5 Å². The second kappa shape index (κ2) is 7.51. The van der Waals surface area contributed by atoms with Crippen molar-refractivity contribution >= 4 is 15.9 Å². The van der Waals surface area contributed by atoms with Gasteiger partial charge in [-0.1, -0.05) is 31.2 Å². The lowest BCUT2D eigenvalue weighted by molar-refractivity contribution is 0.0976. The van der Waals surface area contributed by atoms with Gasteiger partial charge in [0.05, 0.1) is 10.5 Å². The average molecular weight is 405 g/mol. The van der Waals surface area contributed by atoms with E-state index in [4.69, 9.17) is 0 Å². The number of H-pyrrole nitrogens is 1. The maximum absolute atomic E-state index is 14.0. The number of carbonyl (C=O) groups is 1. The number of aromatic nitrogens is 2. The monoisotopic (exact) mass is 405 g/mol. The van der Waals surface area contributed by atoms with Crippen molar-refractivity contribution in [3.63, 3.8) is 0 Å². The van der Waals surface area contributed by atoms with Gasteiger partial charge in [0.15, 0.2) is 5.69 Å². The summed E-state index contributed by atoms with van der Waals surface area (Å²) < 4.78 is 55.1. The summed E-state index contributed by atoms with van der Waals surface area (Å²) in [5, 5.41) is 0. The highest BCUT2D eigenvalue weighted by atomic mass is 32.2. The van der Waals surface area contributed by atoms with E-state index >= 15 is 0 Å². The third-order valence-corrected chi connectivity index (χ3v) is 5.65. The zero-order valence-electron chi connectivity index (χ0n) is 15.1. The van der Waals surface area contributed by atoms with E-state index in [1.165, 1.54) is 18.2 Å². The molecule has 146 valence electrons. The minimum atomic E-state index is -4.14. The standard InChI is InChI=1S/C19H17F2N3O3S/c1-3-14-17(23-18(22-14)16-12(20)8-6-9-13(16)21)19(25)24-28(26,27)15-10-5-4-7-11(15)2/h4-10H,3H2,1-2H3,(H,22,23)(H,24,25). The van der Waals surface area contributed by atoms with Crippen LogP contribution >= 0.6 is 0 Å². The molecular weight excluding hydrogens is 388 g/mol. The smallest absolute Gasteiger partial charge is 0.285 e. The Kier molecular flexibility index (Phi) is 5.28. The maximum atomic E-state index is 14.0. The first-order chi connectivity index (χ1) is 13.2. The summed E-state index contributed by atoms with van der Waals surface area (Å²) in [5.74, 6) is -2.88. The highest BCUT2D eigenvalue weighted by Gasteiger charge is 2.25. The van der Waals surface area contributed by atoms with Gasteiger partial charge in [0, 0.05) is 5.69 Å². The molecule has 28 heavy (non-hydrogen) atoms. The number of nitrogens with one attached hydrogen (secondary N) is 2. The zero-order valence-corrected chi connectivity index (χ0v) is 15.9. The molecule has 3 aromatic rings. The molecule has 0 saturated carbocycles. The van der Waals surface area contributed by atoms with Crippen LogP contribution in [0.2, 0.25) is 0 Å². The van der Waals surface area contributed by atoms with Crippen molar-refractivity contribution in [3.05, 3.63) is 71.1 Å². The molecule has 0 spiro atoms. The summed E-state index contributed by atoms with van der Waals surface area (Å²) in [4.78, 5) is 19.2. The van der Waals surface area contributed by atoms with Crippen molar-refractivity contribution in [1.29, 1.82) is 0 Å². The third kappa shape index (κ3) is 3.65. The molecule has 0 fully saturated rings. The summed E-state index contributed by atoms with van der Waals surface area (Å²) in [5.41, 5.74) is 0.0696. The molecule has 1 amide bonds. The Morgan fingerprint density at radius 3 is 2.36 bits per heavy atom. The van der Waals surface area contributed by atoms with E-state index in [1.54, 1.807) is 26.0 Å². The van der Waals surface area contributed by atoms with Gasteiger partial charge in [-0.15, -0.1) is 0 Å². The molecule has 2 aromatic carbocycles.